The van der Waals surface area contributed by atoms with Gasteiger partial charge >= 0.3 is 0 Å². The second-order valence-corrected chi connectivity index (χ2v) is 5.50. The van der Waals surface area contributed by atoms with Crippen molar-refractivity contribution in [3.05, 3.63) is 34.6 Å². The van der Waals surface area contributed by atoms with Crippen LogP contribution in [0.4, 0.5) is 4.39 Å². The van der Waals surface area contributed by atoms with Gasteiger partial charge in [0.1, 0.15) is 5.82 Å². The Balaban J connectivity index is 2.23. The maximum Gasteiger partial charge on any atom is 0.127 e. The van der Waals surface area contributed by atoms with E-state index in [1.54, 1.807) is 12.1 Å². The molecule has 1 nitrogen and oxygen atoms in total. The van der Waals surface area contributed by atoms with E-state index in [1.807, 2.05) is 0 Å². The molecule has 0 bridgehead atoms. The molecular weight excluding hydrogens is 239 g/mol. The van der Waals surface area contributed by atoms with E-state index in [-0.39, 0.29) is 17.8 Å². The monoisotopic (exact) mass is 256 g/mol. The lowest BCUT2D eigenvalue weighted by Gasteiger charge is -2.36. The molecule has 2 rings (SSSR count). The molecule has 0 aromatic heterocycles. The van der Waals surface area contributed by atoms with Gasteiger partial charge in [-0.3, -0.25) is 0 Å². The van der Waals surface area contributed by atoms with E-state index < -0.39 is 0 Å². The molecule has 0 unspecified atom stereocenters. The highest BCUT2D eigenvalue weighted by molar-refractivity contribution is 6.31. The number of rotatable bonds is 3. The topological polar surface area (TPSA) is 20.2 Å². The van der Waals surface area contributed by atoms with Gasteiger partial charge in [-0.2, -0.15) is 0 Å². The first-order valence-corrected chi connectivity index (χ1v) is 6.58. The van der Waals surface area contributed by atoms with Gasteiger partial charge in [0, 0.05) is 17.2 Å². The maximum atomic E-state index is 13.7. The van der Waals surface area contributed by atoms with Crippen LogP contribution in [0.1, 0.15) is 37.7 Å². The standard InChI is InChI=1S/C14H18ClFO/c15-12-5-4-6-13(16)11(12)9-14(10-17)7-2-1-3-8-14/h4-6,17H,1-3,7-10H2. The third kappa shape index (κ3) is 2.80. The quantitative estimate of drug-likeness (QED) is 0.868. The van der Waals surface area contributed by atoms with Crippen LogP contribution in [0.2, 0.25) is 5.02 Å². The molecule has 1 aromatic carbocycles. The van der Waals surface area contributed by atoms with Crippen molar-refractivity contribution in [3.63, 3.8) is 0 Å². The third-order valence-electron chi connectivity index (χ3n) is 3.86. The van der Waals surface area contributed by atoms with Gasteiger partial charge in [0.2, 0.25) is 0 Å². The van der Waals surface area contributed by atoms with Gasteiger partial charge in [-0.25, -0.2) is 4.39 Å². The van der Waals surface area contributed by atoms with Gasteiger partial charge in [0.05, 0.1) is 0 Å². The molecule has 0 atom stereocenters. The summed E-state index contributed by atoms with van der Waals surface area (Å²) < 4.78 is 13.7. The van der Waals surface area contributed by atoms with Crippen LogP contribution < -0.4 is 0 Å². The first-order valence-electron chi connectivity index (χ1n) is 6.21. The minimum Gasteiger partial charge on any atom is -0.396 e. The second kappa shape index (κ2) is 5.36. The molecule has 17 heavy (non-hydrogen) atoms. The van der Waals surface area contributed by atoms with Crippen molar-refractivity contribution in [3.8, 4) is 0 Å². The number of halogens is 2. The summed E-state index contributed by atoms with van der Waals surface area (Å²) in [6, 6.07) is 4.77. The largest absolute Gasteiger partial charge is 0.396 e. The zero-order chi connectivity index (χ0) is 12.3. The SMILES string of the molecule is OCC1(Cc2c(F)cccc2Cl)CCCCC1. The van der Waals surface area contributed by atoms with E-state index in [4.69, 9.17) is 11.6 Å². The zero-order valence-electron chi connectivity index (χ0n) is 9.88. The molecule has 0 radical (unpaired) electrons. The summed E-state index contributed by atoms with van der Waals surface area (Å²) in [5, 5.41) is 10.1. The first kappa shape index (κ1) is 12.8. The summed E-state index contributed by atoms with van der Waals surface area (Å²) in [5.74, 6) is -0.254. The van der Waals surface area contributed by atoms with Crippen LogP contribution >= 0.6 is 11.6 Å². The fraction of sp³-hybridized carbons (Fsp3) is 0.571. The Morgan fingerprint density at radius 3 is 2.53 bits per heavy atom. The average molecular weight is 257 g/mol. The predicted octanol–water partition coefficient (Wildman–Crippen LogP) is 3.96. The van der Waals surface area contributed by atoms with Gasteiger partial charge in [-0.15, -0.1) is 0 Å². The molecule has 94 valence electrons. The van der Waals surface area contributed by atoms with Crippen molar-refractivity contribution in [1.82, 2.24) is 0 Å². The fourth-order valence-corrected chi connectivity index (χ4v) is 3.00. The smallest absolute Gasteiger partial charge is 0.127 e. The number of hydrogen-bond acceptors (Lipinski definition) is 1. The summed E-state index contributed by atoms with van der Waals surface area (Å²) in [5.41, 5.74) is 0.398. The van der Waals surface area contributed by atoms with Gasteiger partial charge in [-0.05, 0) is 36.8 Å². The highest BCUT2D eigenvalue weighted by Crippen LogP contribution is 2.40. The van der Waals surface area contributed by atoms with E-state index >= 15 is 0 Å². The predicted molar refractivity (Wildman–Crippen MR) is 67.7 cm³/mol. The van der Waals surface area contributed by atoms with Crippen LogP contribution in [0.5, 0.6) is 0 Å². The molecule has 1 aromatic rings. The lowest BCUT2D eigenvalue weighted by atomic mass is 9.71. The maximum absolute atomic E-state index is 13.7. The van der Waals surface area contributed by atoms with Crippen LogP contribution in [0.3, 0.4) is 0 Å². The highest BCUT2D eigenvalue weighted by Gasteiger charge is 2.32. The molecule has 0 heterocycles. The van der Waals surface area contributed by atoms with Crippen molar-refractivity contribution in [1.29, 1.82) is 0 Å². The minimum absolute atomic E-state index is 0.123. The normalized spacial score (nSPS) is 19.2. The van der Waals surface area contributed by atoms with E-state index in [0.29, 0.717) is 17.0 Å². The van der Waals surface area contributed by atoms with Crippen molar-refractivity contribution in [2.45, 2.75) is 38.5 Å². The first-order chi connectivity index (χ1) is 8.17. The van der Waals surface area contributed by atoms with Crippen LogP contribution in [-0.2, 0) is 6.42 Å². The number of hydrogen-bond donors (Lipinski definition) is 1. The lowest BCUT2D eigenvalue weighted by Crippen LogP contribution is -2.31. The van der Waals surface area contributed by atoms with Crippen LogP contribution in [0.25, 0.3) is 0 Å². The molecule has 1 fully saturated rings. The van der Waals surface area contributed by atoms with Gasteiger partial charge < -0.3 is 5.11 Å². The van der Waals surface area contributed by atoms with Crippen LogP contribution in [0, 0.1) is 11.2 Å². The van der Waals surface area contributed by atoms with Crippen molar-refractivity contribution < 1.29 is 9.50 Å². The fourth-order valence-electron chi connectivity index (χ4n) is 2.77. The third-order valence-corrected chi connectivity index (χ3v) is 4.22. The summed E-state index contributed by atoms with van der Waals surface area (Å²) in [7, 11) is 0. The van der Waals surface area contributed by atoms with Crippen molar-refractivity contribution in [2.24, 2.45) is 5.41 Å². The Kier molecular flexibility index (Phi) is 4.05. The lowest BCUT2D eigenvalue weighted by molar-refractivity contribution is 0.0815. The molecule has 0 spiro atoms. The molecule has 0 amide bonds. The minimum atomic E-state index is -0.254. The van der Waals surface area contributed by atoms with Gasteiger partial charge in [0.15, 0.2) is 0 Å². The van der Waals surface area contributed by atoms with E-state index in [9.17, 15) is 9.50 Å². The molecule has 1 saturated carbocycles. The van der Waals surface area contributed by atoms with E-state index in [0.717, 1.165) is 25.7 Å². The highest BCUT2D eigenvalue weighted by atomic mass is 35.5. The Bertz CT molecular complexity index is 366. The summed E-state index contributed by atoms with van der Waals surface area (Å²) in [6.45, 7) is 0.123. The molecule has 1 aliphatic rings. The second-order valence-electron chi connectivity index (χ2n) is 5.10. The molecule has 0 aliphatic heterocycles. The molecule has 1 aliphatic carbocycles. The van der Waals surface area contributed by atoms with Crippen LogP contribution in [-0.4, -0.2) is 11.7 Å². The molecular formula is C14H18ClFO. The summed E-state index contributed by atoms with van der Waals surface area (Å²) in [6.07, 6.45) is 5.93. The molecule has 1 N–H and O–H groups in total. The van der Waals surface area contributed by atoms with Crippen molar-refractivity contribution >= 4 is 11.6 Å². The van der Waals surface area contributed by atoms with Gasteiger partial charge in [0.25, 0.3) is 0 Å². The van der Waals surface area contributed by atoms with E-state index in [1.165, 1.54) is 12.5 Å². The van der Waals surface area contributed by atoms with E-state index in [2.05, 4.69) is 0 Å². The average Bonchev–Trinajstić information content (AvgIpc) is 2.35. The van der Waals surface area contributed by atoms with Gasteiger partial charge in [-0.1, -0.05) is 36.9 Å². The zero-order valence-corrected chi connectivity index (χ0v) is 10.6. The van der Waals surface area contributed by atoms with Crippen LogP contribution in [0.15, 0.2) is 18.2 Å². The van der Waals surface area contributed by atoms with Crippen molar-refractivity contribution in [2.75, 3.05) is 6.61 Å². The number of benzene rings is 1. The Morgan fingerprint density at radius 1 is 1.24 bits per heavy atom. The Hall–Kier alpha value is -0.600. The Labute approximate surface area is 107 Å². The molecule has 3 heteroatoms. The summed E-state index contributed by atoms with van der Waals surface area (Å²) in [4.78, 5) is 0. The summed E-state index contributed by atoms with van der Waals surface area (Å²) >= 11 is 6.05. The number of aliphatic hydroxyl groups excluding tert-OH is 1. The number of aliphatic hydroxyl groups is 1. The molecule has 0 saturated heterocycles. The Morgan fingerprint density at radius 2 is 1.94 bits per heavy atom.